The second-order valence-corrected chi connectivity index (χ2v) is 4.48. The van der Waals surface area contributed by atoms with Crippen LogP contribution in [0, 0.1) is 5.41 Å². The molecule has 0 saturated heterocycles. The summed E-state index contributed by atoms with van der Waals surface area (Å²) in [6.07, 6.45) is 2.35. The molecule has 0 radical (unpaired) electrons. The second kappa shape index (κ2) is 5.32. The summed E-state index contributed by atoms with van der Waals surface area (Å²) < 4.78 is 0. The van der Waals surface area contributed by atoms with E-state index >= 15 is 0 Å². The molecule has 3 heteroatoms. The Balaban J connectivity index is 4.09. The highest BCUT2D eigenvalue weighted by Gasteiger charge is 2.20. The van der Waals surface area contributed by atoms with Crippen LogP contribution in [0.5, 0.6) is 0 Å². The van der Waals surface area contributed by atoms with E-state index in [1.807, 2.05) is 0 Å². The first kappa shape index (κ1) is 12.6. The highest BCUT2D eigenvalue weighted by Crippen LogP contribution is 2.21. The summed E-state index contributed by atoms with van der Waals surface area (Å²) in [5.74, 6) is 0.829. The van der Waals surface area contributed by atoms with Gasteiger partial charge in [0, 0.05) is 13.6 Å². The van der Waals surface area contributed by atoms with Crippen LogP contribution in [-0.4, -0.2) is 30.2 Å². The number of carbonyl (C=O) groups is 1. The van der Waals surface area contributed by atoms with E-state index in [0.29, 0.717) is 0 Å². The van der Waals surface area contributed by atoms with Gasteiger partial charge in [0.15, 0.2) is 0 Å². The Hall–Kier alpha value is -0.440. The van der Waals surface area contributed by atoms with E-state index in [9.17, 15) is 4.79 Å². The average molecular weight is 201 g/mol. The number of carbonyl (C=O) groups excluding carboxylic acids is 1. The molecule has 76 valence electrons. The molecule has 13 heavy (non-hydrogen) atoms. The van der Waals surface area contributed by atoms with Crippen LogP contribution >= 0.6 is 12.6 Å². The van der Waals surface area contributed by atoms with E-state index < -0.39 is 0 Å². The number of hydrogen-bond donors (Lipinski definition) is 1. The van der Waals surface area contributed by atoms with E-state index in [1.165, 1.54) is 6.08 Å². The first-order valence-electron chi connectivity index (χ1n) is 4.41. The van der Waals surface area contributed by atoms with Crippen molar-refractivity contribution in [2.75, 3.05) is 19.3 Å². The third-order valence-corrected chi connectivity index (χ3v) is 2.23. The molecule has 0 saturated carbocycles. The topological polar surface area (TPSA) is 20.3 Å². The zero-order valence-corrected chi connectivity index (χ0v) is 9.60. The lowest BCUT2D eigenvalue weighted by Crippen LogP contribution is -2.35. The largest absolute Gasteiger partial charge is 0.342 e. The lowest BCUT2D eigenvalue weighted by Gasteiger charge is -2.29. The van der Waals surface area contributed by atoms with Gasteiger partial charge in [0.25, 0.3) is 0 Å². The molecular formula is C10H19NOS. The van der Waals surface area contributed by atoms with Gasteiger partial charge < -0.3 is 4.90 Å². The zero-order chi connectivity index (χ0) is 10.5. The summed E-state index contributed by atoms with van der Waals surface area (Å²) in [6.45, 7) is 8.47. The SMILES string of the molecule is C=CC(=O)N(C)CC(C)(C)CCS. The summed E-state index contributed by atoms with van der Waals surface area (Å²) in [5, 5.41) is 0. The Kier molecular flexibility index (Phi) is 5.14. The van der Waals surface area contributed by atoms with E-state index in [0.717, 1.165) is 18.7 Å². The maximum atomic E-state index is 11.2. The Morgan fingerprint density at radius 2 is 2.15 bits per heavy atom. The van der Waals surface area contributed by atoms with E-state index in [4.69, 9.17) is 0 Å². The molecule has 0 aromatic rings. The van der Waals surface area contributed by atoms with Gasteiger partial charge in [-0.15, -0.1) is 0 Å². The molecule has 0 unspecified atom stereocenters. The van der Waals surface area contributed by atoms with Gasteiger partial charge >= 0.3 is 0 Å². The predicted octanol–water partition coefficient (Wildman–Crippen LogP) is 1.98. The molecule has 0 aliphatic rings. The quantitative estimate of drug-likeness (QED) is 0.533. The lowest BCUT2D eigenvalue weighted by molar-refractivity contribution is -0.126. The monoisotopic (exact) mass is 201 g/mol. The Bertz CT molecular complexity index is 189. The number of nitrogens with zero attached hydrogens (tertiary/aromatic N) is 1. The fourth-order valence-corrected chi connectivity index (χ4v) is 1.86. The predicted molar refractivity (Wildman–Crippen MR) is 60.1 cm³/mol. The van der Waals surface area contributed by atoms with Gasteiger partial charge in [0.05, 0.1) is 0 Å². The fraction of sp³-hybridized carbons (Fsp3) is 0.700. The highest BCUT2D eigenvalue weighted by molar-refractivity contribution is 7.80. The summed E-state index contributed by atoms with van der Waals surface area (Å²) in [6, 6.07) is 0. The minimum atomic E-state index is -0.0211. The standard InChI is InChI=1S/C10H19NOS/c1-5-9(12)11(4)8-10(2,3)6-7-13/h5,13H,1,6-8H2,2-4H3. The number of likely N-dealkylation sites (N-methyl/N-ethyl adjacent to an activating group) is 1. The molecule has 0 spiro atoms. The van der Waals surface area contributed by atoms with E-state index in [2.05, 4.69) is 33.1 Å². The molecule has 0 aromatic heterocycles. The molecule has 0 bridgehead atoms. The first-order chi connectivity index (χ1) is 5.93. The maximum Gasteiger partial charge on any atom is 0.245 e. The van der Waals surface area contributed by atoms with Gasteiger partial charge in [0.2, 0.25) is 5.91 Å². The van der Waals surface area contributed by atoms with Crippen molar-refractivity contribution in [2.24, 2.45) is 5.41 Å². The van der Waals surface area contributed by atoms with Gasteiger partial charge in [-0.1, -0.05) is 20.4 Å². The Morgan fingerprint density at radius 1 is 1.62 bits per heavy atom. The van der Waals surface area contributed by atoms with Gasteiger partial charge in [-0.2, -0.15) is 12.6 Å². The molecule has 0 aliphatic heterocycles. The molecule has 0 atom stereocenters. The van der Waals surface area contributed by atoms with Crippen molar-refractivity contribution >= 4 is 18.5 Å². The fourth-order valence-electron chi connectivity index (χ4n) is 1.26. The van der Waals surface area contributed by atoms with Crippen molar-refractivity contribution < 1.29 is 4.79 Å². The smallest absolute Gasteiger partial charge is 0.245 e. The summed E-state index contributed by atoms with van der Waals surface area (Å²) >= 11 is 4.19. The minimum Gasteiger partial charge on any atom is -0.342 e. The number of hydrogen-bond acceptors (Lipinski definition) is 2. The average Bonchev–Trinajstić information content (AvgIpc) is 2.01. The molecule has 0 aliphatic carbocycles. The molecule has 0 aromatic carbocycles. The minimum absolute atomic E-state index is 0.0211. The van der Waals surface area contributed by atoms with Crippen LogP contribution in [0.2, 0.25) is 0 Å². The van der Waals surface area contributed by atoms with Crippen LogP contribution in [0.3, 0.4) is 0 Å². The van der Waals surface area contributed by atoms with Crippen LogP contribution < -0.4 is 0 Å². The zero-order valence-electron chi connectivity index (χ0n) is 8.71. The molecule has 2 nitrogen and oxygen atoms in total. The van der Waals surface area contributed by atoms with Crippen molar-refractivity contribution in [3.8, 4) is 0 Å². The van der Waals surface area contributed by atoms with E-state index in [-0.39, 0.29) is 11.3 Å². The first-order valence-corrected chi connectivity index (χ1v) is 5.04. The Morgan fingerprint density at radius 3 is 2.54 bits per heavy atom. The molecule has 0 rings (SSSR count). The summed E-state index contributed by atoms with van der Waals surface area (Å²) in [5.41, 5.74) is 0.134. The van der Waals surface area contributed by atoms with Gasteiger partial charge in [-0.3, -0.25) is 4.79 Å². The third kappa shape index (κ3) is 4.98. The molecule has 1 amide bonds. The summed E-state index contributed by atoms with van der Waals surface area (Å²) in [7, 11) is 1.80. The van der Waals surface area contributed by atoms with Crippen molar-refractivity contribution in [3.63, 3.8) is 0 Å². The van der Waals surface area contributed by atoms with Crippen LogP contribution in [0.1, 0.15) is 20.3 Å². The van der Waals surface area contributed by atoms with Gasteiger partial charge in [0.1, 0.15) is 0 Å². The molecule has 0 N–H and O–H groups in total. The molecule has 0 heterocycles. The maximum absolute atomic E-state index is 11.2. The van der Waals surface area contributed by atoms with Crippen molar-refractivity contribution in [2.45, 2.75) is 20.3 Å². The van der Waals surface area contributed by atoms with Crippen molar-refractivity contribution in [1.82, 2.24) is 4.90 Å². The van der Waals surface area contributed by atoms with E-state index in [1.54, 1.807) is 11.9 Å². The van der Waals surface area contributed by atoms with Crippen LogP contribution in [-0.2, 0) is 4.79 Å². The normalized spacial score (nSPS) is 11.1. The Labute approximate surface area is 86.4 Å². The van der Waals surface area contributed by atoms with Gasteiger partial charge in [-0.25, -0.2) is 0 Å². The van der Waals surface area contributed by atoms with Crippen LogP contribution in [0.15, 0.2) is 12.7 Å². The summed E-state index contributed by atoms with van der Waals surface area (Å²) in [4.78, 5) is 12.9. The van der Waals surface area contributed by atoms with Crippen molar-refractivity contribution in [1.29, 1.82) is 0 Å². The lowest BCUT2D eigenvalue weighted by atomic mass is 9.89. The highest BCUT2D eigenvalue weighted by atomic mass is 32.1. The number of thiol groups is 1. The molecular weight excluding hydrogens is 182 g/mol. The van der Waals surface area contributed by atoms with Crippen molar-refractivity contribution in [3.05, 3.63) is 12.7 Å². The third-order valence-electron chi connectivity index (χ3n) is 2.00. The van der Waals surface area contributed by atoms with Gasteiger partial charge in [-0.05, 0) is 23.7 Å². The van der Waals surface area contributed by atoms with Crippen LogP contribution in [0.4, 0.5) is 0 Å². The second-order valence-electron chi connectivity index (χ2n) is 4.04. The number of rotatable bonds is 5. The molecule has 0 fully saturated rings. The van der Waals surface area contributed by atoms with Crippen LogP contribution in [0.25, 0.3) is 0 Å². The number of amides is 1.